The number of hydrogen-bond donors (Lipinski definition) is 1. The topological polar surface area (TPSA) is 132 Å². The minimum absolute atomic E-state index is 0.113. The van der Waals surface area contributed by atoms with Gasteiger partial charge < -0.3 is 10.1 Å². The molecule has 4 rings (SSSR count). The average Bonchev–Trinajstić information content (AvgIpc) is 3.33. The van der Waals surface area contributed by atoms with Crippen molar-refractivity contribution >= 4 is 21.4 Å². The molecular formula is C19H20N6O5S. The number of nitro groups is 1. The van der Waals surface area contributed by atoms with E-state index < -0.39 is 14.9 Å². The molecule has 0 saturated carbocycles. The van der Waals surface area contributed by atoms with E-state index in [1.54, 1.807) is 29.5 Å². The van der Waals surface area contributed by atoms with Crippen LogP contribution in [0.3, 0.4) is 0 Å². The van der Waals surface area contributed by atoms with Crippen LogP contribution in [-0.4, -0.2) is 58.5 Å². The second kappa shape index (κ2) is 8.79. The lowest BCUT2D eigenvalue weighted by atomic mass is 10.2. The minimum Gasteiger partial charge on any atom is -0.379 e. The number of nitrogens with zero attached hydrogens (tertiary/aromatic N) is 5. The third-order valence-corrected chi connectivity index (χ3v) is 6.73. The van der Waals surface area contributed by atoms with Crippen LogP contribution in [0.1, 0.15) is 5.56 Å². The van der Waals surface area contributed by atoms with Crippen molar-refractivity contribution in [2.24, 2.45) is 0 Å². The molecule has 1 aliphatic rings. The number of ether oxygens (including phenoxy) is 1. The maximum absolute atomic E-state index is 12.8. The highest BCUT2D eigenvalue weighted by molar-refractivity contribution is 7.89. The van der Waals surface area contributed by atoms with Crippen LogP contribution in [-0.2, 0) is 21.3 Å². The molecule has 11 nitrogen and oxygen atoms in total. The number of aromatic nitrogens is 3. The second-order valence-electron chi connectivity index (χ2n) is 6.80. The molecule has 0 amide bonds. The van der Waals surface area contributed by atoms with E-state index in [9.17, 15) is 18.5 Å². The summed E-state index contributed by atoms with van der Waals surface area (Å²) in [7, 11) is -3.82. The zero-order valence-electron chi connectivity index (χ0n) is 16.4. The molecule has 3 aromatic rings. The quantitative estimate of drug-likeness (QED) is 0.431. The predicted molar refractivity (Wildman–Crippen MR) is 111 cm³/mol. The fourth-order valence-corrected chi connectivity index (χ4v) is 4.60. The first kappa shape index (κ1) is 20.9. The number of hydrogen-bond acceptors (Lipinski definition) is 8. The number of benzene rings is 1. The van der Waals surface area contributed by atoms with Crippen molar-refractivity contribution < 1.29 is 18.1 Å². The van der Waals surface area contributed by atoms with E-state index >= 15 is 0 Å². The highest BCUT2D eigenvalue weighted by Gasteiger charge is 2.28. The monoisotopic (exact) mass is 444 g/mol. The van der Waals surface area contributed by atoms with Crippen LogP contribution < -0.4 is 5.32 Å². The average molecular weight is 444 g/mol. The molecule has 12 heteroatoms. The highest BCUT2D eigenvalue weighted by Crippen LogP contribution is 2.29. The molecule has 0 aliphatic carbocycles. The van der Waals surface area contributed by atoms with E-state index in [4.69, 9.17) is 4.74 Å². The van der Waals surface area contributed by atoms with Gasteiger partial charge in [-0.25, -0.2) is 18.4 Å². The Kier molecular flexibility index (Phi) is 5.93. The Labute approximate surface area is 178 Å². The summed E-state index contributed by atoms with van der Waals surface area (Å²) in [5.74, 6) is 0.699. The fraction of sp³-hybridized carbons (Fsp3) is 0.263. The van der Waals surface area contributed by atoms with Gasteiger partial charge in [-0.3, -0.25) is 14.7 Å². The molecule has 1 fully saturated rings. The van der Waals surface area contributed by atoms with Gasteiger partial charge in [0.2, 0.25) is 10.0 Å². The van der Waals surface area contributed by atoms with Gasteiger partial charge in [-0.2, -0.15) is 4.31 Å². The molecule has 0 atom stereocenters. The summed E-state index contributed by atoms with van der Waals surface area (Å²) < 4.78 is 33.8. The molecule has 1 aromatic carbocycles. The number of nitro benzene ring substituents is 1. The van der Waals surface area contributed by atoms with Gasteiger partial charge in [0.05, 0.1) is 23.0 Å². The first-order valence-electron chi connectivity index (χ1n) is 9.48. The zero-order valence-corrected chi connectivity index (χ0v) is 17.2. The molecule has 31 heavy (non-hydrogen) atoms. The maximum atomic E-state index is 12.8. The van der Waals surface area contributed by atoms with E-state index in [-0.39, 0.29) is 35.9 Å². The summed E-state index contributed by atoms with van der Waals surface area (Å²) in [6.45, 7) is 1.33. The number of morpholine rings is 1. The summed E-state index contributed by atoms with van der Waals surface area (Å²) in [5.41, 5.74) is 0.727. The van der Waals surface area contributed by atoms with E-state index in [2.05, 4.69) is 15.3 Å². The number of imidazole rings is 1. The van der Waals surface area contributed by atoms with Crippen molar-refractivity contribution in [3.63, 3.8) is 0 Å². The Morgan fingerprint density at radius 3 is 2.65 bits per heavy atom. The van der Waals surface area contributed by atoms with Crippen LogP contribution >= 0.6 is 0 Å². The van der Waals surface area contributed by atoms with E-state index in [0.29, 0.717) is 19.0 Å². The lowest BCUT2D eigenvalue weighted by Crippen LogP contribution is -2.40. The normalized spacial score (nSPS) is 15.0. The van der Waals surface area contributed by atoms with Crippen LogP contribution in [0.4, 0.5) is 11.4 Å². The summed E-state index contributed by atoms with van der Waals surface area (Å²) in [6.07, 6.45) is 6.72. The fourth-order valence-electron chi connectivity index (χ4n) is 3.17. The van der Waals surface area contributed by atoms with Crippen molar-refractivity contribution in [1.82, 2.24) is 18.8 Å². The Hall–Kier alpha value is -3.35. The van der Waals surface area contributed by atoms with Crippen LogP contribution in [0.15, 0.2) is 60.1 Å². The van der Waals surface area contributed by atoms with E-state index in [0.717, 1.165) is 11.6 Å². The summed E-state index contributed by atoms with van der Waals surface area (Å²) in [6, 6.07) is 7.54. The van der Waals surface area contributed by atoms with Gasteiger partial charge in [0.15, 0.2) is 0 Å². The van der Waals surface area contributed by atoms with Crippen molar-refractivity contribution in [2.75, 3.05) is 31.6 Å². The molecule has 0 spiro atoms. The molecule has 162 valence electrons. The van der Waals surface area contributed by atoms with E-state index in [1.807, 2.05) is 12.1 Å². The molecule has 0 radical (unpaired) electrons. The first-order chi connectivity index (χ1) is 14.9. The smallest absolute Gasteiger partial charge is 0.293 e. The van der Waals surface area contributed by atoms with Crippen molar-refractivity contribution in [3.05, 3.63) is 70.9 Å². The zero-order chi connectivity index (χ0) is 21.8. The minimum atomic E-state index is -3.82. The Bertz CT molecular complexity index is 1160. The highest BCUT2D eigenvalue weighted by atomic mass is 32.2. The lowest BCUT2D eigenvalue weighted by Gasteiger charge is -2.26. The largest absolute Gasteiger partial charge is 0.379 e. The van der Waals surface area contributed by atoms with Crippen LogP contribution in [0.25, 0.3) is 5.82 Å². The molecular weight excluding hydrogens is 424 g/mol. The van der Waals surface area contributed by atoms with Crippen LogP contribution in [0, 0.1) is 10.1 Å². The molecule has 1 saturated heterocycles. The molecule has 1 N–H and O–H groups in total. The lowest BCUT2D eigenvalue weighted by molar-refractivity contribution is -0.384. The van der Waals surface area contributed by atoms with Crippen LogP contribution in [0.5, 0.6) is 0 Å². The first-order valence-corrected chi connectivity index (χ1v) is 10.9. The third-order valence-electron chi connectivity index (χ3n) is 4.83. The van der Waals surface area contributed by atoms with Gasteiger partial charge >= 0.3 is 0 Å². The van der Waals surface area contributed by atoms with Gasteiger partial charge in [-0.05, 0) is 23.8 Å². The molecule has 3 heterocycles. The second-order valence-corrected chi connectivity index (χ2v) is 8.74. The third kappa shape index (κ3) is 4.55. The summed E-state index contributed by atoms with van der Waals surface area (Å²) in [4.78, 5) is 19.2. The number of pyridine rings is 1. The standard InChI is InChI=1S/C19H20N6O5S/c26-25(27)18-11-16(31(28,29)24-7-9-30-10-8-24)2-3-17(18)21-12-15-1-4-19(22-13-15)23-6-5-20-14-23/h1-6,11,13-14,21H,7-10,12H2. The Morgan fingerprint density at radius 1 is 1.19 bits per heavy atom. The van der Waals surface area contributed by atoms with Gasteiger partial charge in [0.1, 0.15) is 17.8 Å². The number of anilines is 1. The number of nitrogens with one attached hydrogen (secondary N) is 1. The van der Waals surface area contributed by atoms with Crippen molar-refractivity contribution in [2.45, 2.75) is 11.4 Å². The van der Waals surface area contributed by atoms with Gasteiger partial charge in [0.25, 0.3) is 5.69 Å². The van der Waals surface area contributed by atoms with Gasteiger partial charge in [0, 0.05) is 44.3 Å². The molecule has 0 bridgehead atoms. The van der Waals surface area contributed by atoms with E-state index in [1.165, 1.54) is 16.4 Å². The molecule has 2 aromatic heterocycles. The predicted octanol–water partition coefficient (Wildman–Crippen LogP) is 1.81. The van der Waals surface area contributed by atoms with Crippen molar-refractivity contribution in [1.29, 1.82) is 0 Å². The maximum Gasteiger partial charge on any atom is 0.293 e. The number of rotatable bonds is 7. The SMILES string of the molecule is O=[N+]([O-])c1cc(S(=O)(=O)N2CCOCC2)ccc1NCc1ccc(-n2ccnc2)nc1. The molecule has 0 unspecified atom stereocenters. The van der Waals surface area contributed by atoms with Crippen LogP contribution in [0.2, 0.25) is 0 Å². The Balaban J connectivity index is 1.51. The van der Waals surface area contributed by atoms with Crippen molar-refractivity contribution in [3.8, 4) is 5.82 Å². The number of sulfonamides is 1. The van der Waals surface area contributed by atoms with Gasteiger partial charge in [-0.15, -0.1) is 0 Å². The Morgan fingerprint density at radius 2 is 2.00 bits per heavy atom. The summed E-state index contributed by atoms with van der Waals surface area (Å²) >= 11 is 0. The summed E-state index contributed by atoms with van der Waals surface area (Å²) in [5, 5.41) is 14.6. The van der Waals surface area contributed by atoms with Gasteiger partial charge in [-0.1, -0.05) is 6.07 Å². The molecule has 1 aliphatic heterocycles.